The maximum absolute atomic E-state index is 13.3. The summed E-state index contributed by atoms with van der Waals surface area (Å²) in [6.07, 6.45) is 2.96. The van der Waals surface area contributed by atoms with Gasteiger partial charge in [-0.25, -0.2) is 9.69 Å². The molecular weight excluding hydrogens is 572 g/mol. The molecule has 1 heterocycles. The third-order valence-corrected chi connectivity index (χ3v) is 6.13. The smallest absolute Gasteiger partial charge is 0.335 e. The third-order valence-electron chi connectivity index (χ3n) is 5.88. The van der Waals surface area contributed by atoms with Crippen LogP contribution in [0.4, 0.5) is 21.9 Å². The number of nitro benzene ring substituents is 2. The molecule has 4 rings (SSSR count). The van der Waals surface area contributed by atoms with Crippen LogP contribution in [0.2, 0.25) is 5.02 Å². The van der Waals surface area contributed by atoms with Gasteiger partial charge < -0.3 is 9.47 Å². The van der Waals surface area contributed by atoms with Crippen LogP contribution in [0.25, 0.3) is 6.08 Å². The van der Waals surface area contributed by atoms with Crippen LogP contribution in [0.5, 0.6) is 17.2 Å². The van der Waals surface area contributed by atoms with E-state index < -0.39 is 39.1 Å². The Morgan fingerprint density at radius 2 is 1.71 bits per heavy atom. The van der Waals surface area contributed by atoms with Gasteiger partial charge in [-0.2, -0.15) is 0 Å². The molecule has 0 atom stereocenters. The summed E-state index contributed by atoms with van der Waals surface area (Å²) in [6.45, 7) is 5.55. The molecule has 1 aliphatic rings. The van der Waals surface area contributed by atoms with Crippen LogP contribution in [-0.4, -0.2) is 34.3 Å². The highest BCUT2D eigenvalue weighted by atomic mass is 35.5. The summed E-state index contributed by atoms with van der Waals surface area (Å²) in [5.74, 6) is -1.91. The summed E-state index contributed by atoms with van der Waals surface area (Å²) in [5.41, 5.74) is -0.574. The molecule has 0 unspecified atom stereocenters. The molecule has 0 aliphatic carbocycles. The Bertz CT molecular complexity index is 1670. The van der Waals surface area contributed by atoms with E-state index in [2.05, 4.69) is 11.9 Å². The highest BCUT2D eigenvalue weighted by Crippen LogP contribution is 2.41. The highest BCUT2D eigenvalue weighted by molar-refractivity contribution is 6.39. The number of amides is 4. The van der Waals surface area contributed by atoms with Crippen LogP contribution in [0.3, 0.4) is 0 Å². The lowest BCUT2D eigenvalue weighted by Gasteiger charge is -2.26. The predicted octanol–water partition coefficient (Wildman–Crippen LogP) is 5.74. The molecule has 1 saturated heterocycles. The lowest BCUT2D eigenvalue weighted by atomic mass is 10.0. The quantitative estimate of drug-likeness (QED) is 0.101. The Hall–Kier alpha value is -5.56. The van der Waals surface area contributed by atoms with Crippen LogP contribution >= 0.6 is 11.6 Å². The van der Waals surface area contributed by atoms with E-state index in [1.165, 1.54) is 42.5 Å². The molecular formula is C28H21ClN4O9. The topological polar surface area (TPSA) is 171 Å². The van der Waals surface area contributed by atoms with Crippen molar-refractivity contribution in [2.75, 3.05) is 11.5 Å². The first-order valence-corrected chi connectivity index (χ1v) is 12.6. The second-order valence-corrected chi connectivity index (χ2v) is 9.07. The van der Waals surface area contributed by atoms with Crippen molar-refractivity contribution >= 4 is 52.6 Å². The molecule has 0 bridgehead atoms. The Kier molecular flexibility index (Phi) is 8.62. The number of imide groups is 2. The van der Waals surface area contributed by atoms with Gasteiger partial charge in [0.1, 0.15) is 5.57 Å². The van der Waals surface area contributed by atoms with Crippen LogP contribution < -0.4 is 19.7 Å². The summed E-state index contributed by atoms with van der Waals surface area (Å²) in [6, 6.07) is 10.9. The number of nitrogens with zero attached hydrogens (tertiary/aromatic N) is 3. The van der Waals surface area contributed by atoms with Crippen LogP contribution in [0, 0.1) is 20.2 Å². The number of carbonyl (C=O) groups excluding carboxylic acids is 3. The van der Waals surface area contributed by atoms with E-state index in [0.717, 1.165) is 23.1 Å². The van der Waals surface area contributed by atoms with Gasteiger partial charge in [0, 0.05) is 16.7 Å². The highest BCUT2D eigenvalue weighted by Gasteiger charge is 2.37. The fourth-order valence-corrected chi connectivity index (χ4v) is 4.19. The first kappa shape index (κ1) is 29.4. The van der Waals surface area contributed by atoms with Crippen molar-refractivity contribution in [1.29, 1.82) is 0 Å². The van der Waals surface area contributed by atoms with E-state index in [1.807, 2.05) is 0 Å². The number of anilines is 1. The van der Waals surface area contributed by atoms with E-state index >= 15 is 0 Å². The van der Waals surface area contributed by atoms with E-state index in [9.17, 15) is 34.6 Å². The molecule has 1 N–H and O–H groups in total. The van der Waals surface area contributed by atoms with Crippen molar-refractivity contribution in [3.8, 4) is 17.2 Å². The van der Waals surface area contributed by atoms with Gasteiger partial charge in [0.15, 0.2) is 11.5 Å². The van der Waals surface area contributed by atoms with Crippen LogP contribution in [-0.2, 0) is 16.0 Å². The molecule has 0 aromatic heterocycles. The van der Waals surface area contributed by atoms with E-state index in [4.69, 9.17) is 21.1 Å². The van der Waals surface area contributed by atoms with Gasteiger partial charge in [0.25, 0.3) is 17.5 Å². The zero-order valence-corrected chi connectivity index (χ0v) is 22.6. The zero-order chi connectivity index (χ0) is 30.6. The first-order chi connectivity index (χ1) is 20.0. The molecule has 13 nitrogen and oxygen atoms in total. The first-order valence-electron chi connectivity index (χ1n) is 12.2. The molecule has 4 amide bonds. The van der Waals surface area contributed by atoms with Gasteiger partial charge in [0.2, 0.25) is 5.75 Å². The Labute approximate surface area is 242 Å². The minimum atomic E-state index is -0.930. The molecule has 0 saturated carbocycles. The maximum Gasteiger partial charge on any atom is 0.335 e. The van der Waals surface area contributed by atoms with E-state index in [-0.39, 0.29) is 41.5 Å². The minimum absolute atomic E-state index is 0.0632. The number of barbiturate groups is 1. The van der Waals surface area contributed by atoms with Gasteiger partial charge in [0.05, 0.1) is 28.2 Å². The zero-order valence-electron chi connectivity index (χ0n) is 21.9. The number of non-ortho nitro benzene ring substituents is 1. The fraction of sp³-hybridized carbons (Fsp3) is 0.107. The lowest BCUT2D eigenvalue weighted by Crippen LogP contribution is -2.54. The molecule has 0 radical (unpaired) electrons. The fourth-order valence-electron chi connectivity index (χ4n) is 4.06. The minimum Gasteiger partial charge on any atom is -0.490 e. The Balaban J connectivity index is 1.80. The number of nitro groups is 2. The molecule has 3 aromatic rings. The summed E-state index contributed by atoms with van der Waals surface area (Å²) in [4.78, 5) is 60.5. The average molecular weight is 593 g/mol. The molecule has 214 valence electrons. The second-order valence-electron chi connectivity index (χ2n) is 8.64. The summed E-state index contributed by atoms with van der Waals surface area (Å²) in [7, 11) is 0. The van der Waals surface area contributed by atoms with Gasteiger partial charge in [-0.15, -0.1) is 6.58 Å². The monoisotopic (exact) mass is 592 g/mol. The van der Waals surface area contributed by atoms with Crippen molar-refractivity contribution < 1.29 is 33.7 Å². The molecule has 1 aliphatic heterocycles. The van der Waals surface area contributed by atoms with Gasteiger partial charge in [-0.1, -0.05) is 17.7 Å². The molecule has 3 aromatic carbocycles. The number of hydrogen-bond donors (Lipinski definition) is 1. The molecule has 42 heavy (non-hydrogen) atoms. The van der Waals surface area contributed by atoms with Crippen LogP contribution in [0.15, 0.2) is 72.8 Å². The van der Waals surface area contributed by atoms with E-state index in [1.54, 1.807) is 13.0 Å². The van der Waals surface area contributed by atoms with Gasteiger partial charge in [-0.3, -0.25) is 35.1 Å². The standard InChI is InChI=1S/C28H21ClN4O9/c1-3-5-17-12-16(13-21-26(34)30-28(36)31(27(21)35)19-8-6-18(29)7-9-19)14-24(41-4-2)25(17)42-23-11-10-20(32(37)38)15-22(23)33(39)40/h3,6-15H,1,4-5H2,2H3,(H,30,34,36)/b21-13+. The van der Waals surface area contributed by atoms with Crippen molar-refractivity contribution in [3.63, 3.8) is 0 Å². The van der Waals surface area contributed by atoms with Gasteiger partial charge >= 0.3 is 11.7 Å². The molecule has 14 heteroatoms. The van der Waals surface area contributed by atoms with E-state index in [0.29, 0.717) is 16.1 Å². The van der Waals surface area contributed by atoms with Crippen molar-refractivity contribution in [1.82, 2.24) is 5.32 Å². The summed E-state index contributed by atoms with van der Waals surface area (Å²) < 4.78 is 11.6. The number of ether oxygens (including phenoxy) is 2. The van der Waals surface area contributed by atoms with Crippen molar-refractivity contribution in [2.24, 2.45) is 0 Å². The number of allylic oxidation sites excluding steroid dienone is 1. The number of halogens is 1. The maximum atomic E-state index is 13.3. The normalized spacial score (nSPS) is 14.0. The number of rotatable bonds is 10. The molecule has 0 spiro atoms. The average Bonchev–Trinajstić information content (AvgIpc) is 2.94. The molecule has 1 fully saturated rings. The predicted molar refractivity (Wildman–Crippen MR) is 152 cm³/mol. The van der Waals surface area contributed by atoms with Crippen molar-refractivity contribution in [2.45, 2.75) is 13.3 Å². The Morgan fingerprint density at radius 3 is 2.33 bits per heavy atom. The number of nitrogens with one attached hydrogen (secondary N) is 1. The van der Waals surface area contributed by atoms with Gasteiger partial charge in [-0.05, 0) is 67.4 Å². The SMILES string of the molecule is C=CCc1cc(/C=C2\C(=O)NC(=O)N(c3ccc(Cl)cc3)C2=O)cc(OCC)c1Oc1ccc([N+](=O)[O-])cc1[N+](=O)[O-]. The number of carbonyl (C=O) groups is 3. The third kappa shape index (κ3) is 6.10. The summed E-state index contributed by atoms with van der Waals surface area (Å²) in [5, 5.41) is 25.3. The number of urea groups is 1. The lowest BCUT2D eigenvalue weighted by molar-refractivity contribution is -0.394. The largest absolute Gasteiger partial charge is 0.490 e. The number of hydrogen-bond acceptors (Lipinski definition) is 9. The van der Waals surface area contributed by atoms with Crippen LogP contribution in [0.1, 0.15) is 18.1 Å². The summed E-state index contributed by atoms with van der Waals surface area (Å²) >= 11 is 5.91. The number of benzene rings is 3. The second kappa shape index (κ2) is 12.3. The van der Waals surface area contributed by atoms with Crippen molar-refractivity contribution in [3.05, 3.63) is 109 Å². The Morgan fingerprint density at radius 1 is 1.00 bits per heavy atom.